The fraction of sp³-hybridized carbons (Fsp3) is 0.231. The summed E-state index contributed by atoms with van der Waals surface area (Å²) in [6.45, 7) is 2.02. The van der Waals surface area contributed by atoms with E-state index in [0.29, 0.717) is 12.0 Å². The molecule has 1 heterocycles. The number of benzene rings is 1. The molecule has 96 valence electrons. The number of halogens is 4. The molecule has 0 fully saturated rings. The van der Waals surface area contributed by atoms with Crippen molar-refractivity contribution < 1.29 is 8.78 Å². The van der Waals surface area contributed by atoms with Gasteiger partial charge in [0.2, 0.25) is 0 Å². The molecule has 1 unspecified atom stereocenters. The second-order valence-electron chi connectivity index (χ2n) is 3.96. The van der Waals surface area contributed by atoms with E-state index in [9.17, 15) is 8.78 Å². The van der Waals surface area contributed by atoms with Crippen molar-refractivity contribution >= 4 is 43.2 Å². The molecular weight excluding hydrogens is 386 g/mol. The van der Waals surface area contributed by atoms with Crippen LogP contribution < -0.4 is 0 Å². The van der Waals surface area contributed by atoms with Crippen molar-refractivity contribution in [1.29, 1.82) is 0 Å². The molecule has 2 rings (SSSR count). The Bertz CT molecular complexity index is 547. The van der Waals surface area contributed by atoms with Gasteiger partial charge in [-0.2, -0.15) is 0 Å². The minimum Gasteiger partial charge on any atom is -0.207 e. The summed E-state index contributed by atoms with van der Waals surface area (Å²) < 4.78 is 27.4. The van der Waals surface area contributed by atoms with Gasteiger partial charge in [0.15, 0.2) is 0 Å². The monoisotopic (exact) mass is 394 g/mol. The van der Waals surface area contributed by atoms with Gasteiger partial charge < -0.3 is 0 Å². The zero-order valence-corrected chi connectivity index (χ0v) is 13.5. The summed E-state index contributed by atoms with van der Waals surface area (Å²) in [5, 5.41) is 0. The molecule has 1 aromatic carbocycles. The molecule has 0 saturated carbocycles. The summed E-state index contributed by atoms with van der Waals surface area (Å²) in [5.41, 5.74) is 0.514. The normalized spacial score (nSPS) is 12.7. The van der Waals surface area contributed by atoms with Crippen LogP contribution in [0.25, 0.3) is 0 Å². The highest BCUT2D eigenvalue weighted by Crippen LogP contribution is 2.36. The van der Waals surface area contributed by atoms with Crippen LogP contribution >= 0.6 is 43.2 Å². The van der Waals surface area contributed by atoms with Crippen LogP contribution in [0.15, 0.2) is 28.7 Å². The molecule has 0 amide bonds. The van der Waals surface area contributed by atoms with Gasteiger partial charge in [0.1, 0.15) is 11.6 Å². The first-order chi connectivity index (χ1) is 8.47. The maximum Gasteiger partial charge on any atom is 0.129 e. The average Bonchev–Trinajstić information content (AvgIpc) is 2.63. The van der Waals surface area contributed by atoms with E-state index >= 15 is 0 Å². The Kier molecular flexibility index (Phi) is 4.56. The van der Waals surface area contributed by atoms with Crippen molar-refractivity contribution in [3.8, 4) is 0 Å². The van der Waals surface area contributed by atoms with Gasteiger partial charge in [0.25, 0.3) is 0 Å². The van der Waals surface area contributed by atoms with Crippen molar-refractivity contribution in [3.63, 3.8) is 0 Å². The molecule has 18 heavy (non-hydrogen) atoms. The van der Waals surface area contributed by atoms with E-state index in [1.807, 2.05) is 13.0 Å². The highest BCUT2D eigenvalue weighted by Gasteiger charge is 2.15. The molecule has 0 nitrogen and oxygen atoms in total. The van der Waals surface area contributed by atoms with E-state index < -0.39 is 11.6 Å². The molecular formula is C13H10Br2F2S. The Morgan fingerprint density at radius 1 is 1.28 bits per heavy atom. The predicted octanol–water partition coefficient (Wildman–Crippen LogP) is 5.78. The topological polar surface area (TPSA) is 0 Å². The van der Waals surface area contributed by atoms with E-state index in [2.05, 4.69) is 31.9 Å². The number of hydrogen-bond acceptors (Lipinski definition) is 1. The standard InChI is InChI=1S/C13H10Br2F2S/c1-7-10(14)6-13(18-7)11(15)4-8-2-3-9(16)5-12(8)17/h2-3,5-6,11H,4H2,1H3. The largest absolute Gasteiger partial charge is 0.207 e. The lowest BCUT2D eigenvalue weighted by Gasteiger charge is -2.08. The summed E-state index contributed by atoms with van der Waals surface area (Å²) in [7, 11) is 0. The van der Waals surface area contributed by atoms with Gasteiger partial charge in [0, 0.05) is 20.3 Å². The van der Waals surface area contributed by atoms with Crippen molar-refractivity contribution in [2.75, 3.05) is 0 Å². The fourth-order valence-electron chi connectivity index (χ4n) is 1.62. The Morgan fingerprint density at radius 3 is 2.56 bits per heavy atom. The highest BCUT2D eigenvalue weighted by molar-refractivity contribution is 9.10. The fourth-order valence-corrected chi connectivity index (χ4v) is 3.92. The number of alkyl halides is 1. The van der Waals surface area contributed by atoms with Crippen molar-refractivity contribution in [2.45, 2.75) is 18.2 Å². The molecule has 0 aliphatic rings. The summed E-state index contributed by atoms with van der Waals surface area (Å²) in [6, 6.07) is 5.73. The van der Waals surface area contributed by atoms with Gasteiger partial charge in [-0.15, -0.1) is 11.3 Å². The van der Waals surface area contributed by atoms with Crippen LogP contribution in [-0.2, 0) is 6.42 Å². The van der Waals surface area contributed by atoms with Crippen molar-refractivity contribution in [1.82, 2.24) is 0 Å². The van der Waals surface area contributed by atoms with Crippen molar-refractivity contribution in [3.05, 3.63) is 55.7 Å². The van der Waals surface area contributed by atoms with Crippen LogP contribution in [0.4, 0.5) is 8.78 Å². The molecule has 1 aromatic heterocycles. The van der Waals surface area contributed by atoms with Gasteiger partial charge in [-0.05, 0) is 47.0 Å². The van der Waals surface area contributed by atoms with Gasteiger partial charge in [-0.3, -0.25) is 0 Å². The maximum absolute atomic E-state index is 13.5. The number of hydrogen-bond donors (Lipinski definition) is 0. The number of aryl methyl sites for hydroxylation is 1. The minimum absolute atomic E-state index is 0.0347. The van der Waals surface area contributed by atoms with Gasteiger partial charge >= 0.3 is 0 Å². The summed E-state index contributed by atoms with van der Waals surface area (Å²) in [5.74, 6) is -1.04. The first kappa shape index (κ1) is 14.2. The first-order valence-electron chi connectivity index (χ1n) is 5.31. The van der Waals surface area contributed by atoms with E-state index in [0.717, 1.165) is 15.4 Å². The predicted molar refractivity (Wildman–Crippen MR) is 78.5 cm³/mol. The molecule has 0 N–H and O–H groups in total. The zero-order valence-electron chi connectivity index (χ0n) is 9.51. The lowest BCUT2D eigenvalue weighted by Crippen LogP contribution is -1.97. The minimum atomic E-state index is -0.544. The van der Waals surface area contributed by atoms with Crippen LogP contribution in [0.3, 0.4) is 0 Å². The SMILES string of the molecule is Cc1sc(C(Br)Cc2ccc(F)cc2F)cc1Br. The second kappa shape index (κ2) is 5.80. The molecule has 2 aromatic rings. The highest BCUT2D eigenvalue weighted by atomic mass is 79.9. The second-order valence-corrected chi connectivity index (χ2v) is 7.21. The summed E-state index contributed by atoms with van der Waals surface area (Å²) in [6.07, 6.45) is 0.499. The molecule has 0 bridgehead atoms. The zero-order chi connectivity index (χ0) is 13.3. The van der Waals surface area contributed by atoms with Crippen LogP contribution in [0.2, 0.25) is 0 Å². The Morgan fingerprint density at radius 2 is 2.00 bits per heavy atom. The molecule has 0 radical (unpaired) electrons. The third-order valence-corrected chi connectivity index (χ3v) is 5.97. The Balaban J connectivity index is 2.18. The van der Waals surface area contributed by atoms with Crippen LogP contribution in [0.5, 0.6) is 0 Å². The summed E-state index contributed by atoms with van der Waals surface area (Å²) in [4.78, 5) is 2.35. The maximum atomic E-state index is 13.5. The van der Waals surface area contributed by atoms with Crippen LogP contribution in [0, 0.1) is 18.6 Å². The average molecular weight is 396 g/mol. The Labute approximate surface area is 125 Å². The van der Waals surface area contributed by atoms with Gasteiger partial charge in [0.05, 0.1) is 4.83 Å². The third-order valence-electron chi connectivity index (χ3n) is 2.60. The molecule has 0 saturated heterocycles. The first-order valence-corrected chi connectivity index (χ1v) is 7.83. The molecule has 5 heteroatoms. The molecule has 0 spiro atoms. The lowest BCUT2D eigenvalue weighted by atomic mass is 10.1. The third kappa shape index (κ3) is 3.19. The molecule has 1 atom stereocenters. The number of rotatable bonds is 3. The van der Waals surface area contributed by atoms with Gasteiger partial charge in [-0.25, -0.2) is 8.78 Å². The molecule has 0 aliphatic carbocycles. The van der Waals surface area contributed by atoms with E-state index in [-0.39, 0.29) is 4.83 Å². The van der Waals surface area contributed by atoms with Crippen molar-refractivity contribution in [2.24, 2.45) is 0 Å². The number of thiophene rings is 1. The van der Waals surface area contributed by atoms with Gasteiger partial charge in [-0.1, -0.05) is 22.0 Å². The van der Waals surface area contributed by atoms with Crippen LogP contribution in [0.1, 0.15) is 20.1 Å². The molecule has 0 aliphatic heterocycles. The van der Waals surface area contributed by atoms with E-state index in [1.165, 1.54) is 17.0 Å². The smallest absolute Gasteiger partial charge is 0.129 e. The Hall–Kier alpha value is -0.260. The lowest BCUT2D eigenvalue weighted by molar-refractivity contribution is 0.571. The summed E-state index contributed by atoms with van der Waals surface area (Å²) >= 11 is 8.67. The van der Waals surface area contributed by atoms with E-state index in [4.69, 9.17) is 0 Å². The quantitative estimate of drug-likeness (QED) is 0.578. The van der Waals surface area contributed by atoms with E-state index in [1.54, 1.807) is 11.3 Å². The van der Waals surface area contributed by atoms with Crippen LogP contribution in [-0.4, -0.2) is 0 Å².